The molecule has 0 saturated heterocycles. The van der Waals surface area contributed by atoms with Crippen LogP contribution in [-0.2, 0) is 0 Å². The zero-order valence-corrected chi connectivity index (χ0v) is 16.0. The van der Waals surface area contributed by atoms with Crippen LogP contribution in [0.4, 0.5) is 5.69 Å². The number of rotatable bonds is 10. The molecule has 0 aliphatic rings. The highest BCUT2D eigenvalue weighted by Crippen LogP contribution is 2.20. The lowest BCUT2D eigenvalue weighted by atomic mass is 10.2. The monoisotopic (exact) mass is 355 g/mol. The van der Waals surface area contributed by atoms with Gasteiger partial charge in [0.05, 0.1) is 12.7 Å². The molecule has 1 amide bonds. The minimum Gasteiger partial charge on any atom is -0.494 e. The summed E-state index contributed by atoms with van der Waals surface area (Å²) in [4.78, 5) is 12.4. The molecular weight excluding hydrogens is 326 g/mol. The number of carbonyl (C=O) groups excluding carboxylic acids is 1. The van der Waals surface area contributed by atoms with Crippen molar-refractivity contribution < 1.29 is 14.3 Å². The van der Waals surface area contributed by atoms with Crippen molar-refractivity contribution >= 4 is 11.6 Å². The molecule has 0 bridgehead atoms. The first-order chi connectivity index (χ1) is 12.6. The van der Waals surface area contributed by atoms with Gasteiger partial charge in [0, 0.05) is 17.3 Å². The van der Waals surface area contributed by atoms with Gasteiger partial charge in [-0.15, -0.1) is 0 Å². The Bertz CT molecular complexity index is 680. The van der Waals surface area contributed by atoms with E-state index in [1.165, 1.54) is 19.3 Å². The number of nitrogens with one attached hydrogen (secondary N) is 1. The summed E-state index contributed by atoms with van der Waals surface area (Å²) < 4.78 is 11.4. The Hall–Kier alpha value is -2.49. The predicted octanol–water partition coefficient (Wildman–Crippen LogP) is 5.69. The minimum atomic E-state index is -0.152. The van der Waals surface area contributed by atoms with Crippen LogP contribution in [0.3, 0.4) is 0 Å². The Morgan fingerprint density at radius 3 is 2.46 bits per heavy atom. The molecule has 0 aliphatic carbocycles. The van der Waals surface area contributed by atoms with E-state index in [1.54, 1.807) is 12.1 Å². The van der Waals surface area contributed by atoms with Gasteiger partial charge in [-0.2, -0.15) is 0 Å². The summed E-state index contributed by atoms with van der Waals surface area (Å²) in [6, 6.07) is 14.7. The number of hydrogen-bond acceptors (Lipinski definition) is 3. The Morgan fingerprint density at radius 1 is 1.00 bits per heavy atom. The van der Waals surface area contributed by atoms with Crippen LogP contribution in [0.5, 0.6) is 11.5 Å². The Labute approximate surface area is 156 Å². The van der Waals surface area contributed by atoms with Crippen LogP contribution in [0.2, 0.25) is 0 Å². The minimum absolute atomic E-state index is 0.111. The van der Waals surface area contributed by atoms with E-state index in [0.717, 1.165) is 23.6 Å². The summed E-state index contributed by atoms with van der Waals surface area (Å²) in [5.74, 6) is 1.39. The summed E-state index contributed by atoms with van der Waals surface area (Å²) in [5, 5.41) is 2.91. The zero-order valence-electron chi connectivity index (χ0n) is 16.0. The molecule has 0 aliphatic heterocycles. The second-order valence-electron chi connectivity index (χ2n) is 6.58. The van der Waals surface area contributed by atoms with Crippen LogP contribution < -0.4 is 14.8 Å². The third kappa shape index (κ3) is 6.79. The summed E-state index contributed by atoms with van der Waals surface area (Å²) in [7, 11) is 0. The summed E-state index contributed by atoms with van der Waals surface area (Å²) in [5.41, 5.74) is 1.32. The highest BCUT2D eigenvalue weighted by molar-refractivity contribution is 6.04. The molecule has 0 atom stereocenters. The van der Waals surface area contributed by atoms with Gasteiger partial charge in [-0.25, -0.2) is 0 Å². The standard InChI is InChI=1S/C22H29NO3/c1-4-5-6-7-15-25-21-10-8-9-19(16-21)23-22(24)18-11-13-20(14-12-18)26-17(2)3/h8-14,16-17H,4-7,15H2,1-3H3,(H,23,24). The van der Waals surface area contributed by atoms with E-state index in [2.05, 4.69) is 12.2 Å². The number of unbranched alkanes of at least 4 members (excludes halogenated alkanes) is 3. The molecule has 0 fully saturated rings. The highest BCUT2D eigenvalue weighted by atomic mass is 16.5. The average Bonchev–Trinajstić information content (AvgIpc) is 2.62. The molecule has 0 saturated carbocycles. The maximum absolute atomic E-state index is 12.4. The van der Waals surface area contributed by atoms with Crippen molar-refractivity contribution in [3.8, 4) is 11.5 Å². The molecule has 26 heavy (non-hydrogen) atoms. The molecule has 4 heteroatoms. The number of ether oxygens (including phenoxy) is 2. The van der Waals surface area contributed by atoms with Crippen LogP contribution in [0.1, 0.15) is 56.8 Å². The third-order valence-corrected chi connectivity index (χ3v) is 3.85. The van der Waals surface area contributed by atoms with Gasteiger partial charge in [-0.3, -0.25) is 4.79 Å². The van der Waals surface area contributed by atoms with Gasteiger partial charge in [0.1, 0.15) is 11.5 Å². The fourth-order valence-corrected chi connectivity index (χ4v) is 2.54. The maximum atomic E-state index is 12.4. The molecule has 0 aromatic heterocycles. The van der Waals surface area contributed by atoms with E-state index in [9.17, 15) is 4.79 Å². The third-order valence-electron chi connectivity index (χ3n) is 3.85. The topological polar surface area (TPSA) is 47.6 Å². The fourth-order valence-electron chi connectivity index (χ4n) is 2.54. The second-order valence-corrected chi connectivity index (χ2v) is 6.58. The van der Waals surface area contributed by atoms with Crippen LogP contribution >= 0.6 is 0 Å². The van der Waals surface area contributed by atoms with Crippen molar-refractivity contribution in [2.45, 2.75) is 52.6 Å². The lowest BCUT2D eigenvalue weighted by molar-refractivity contribution is 0.102. The summed E-state index contributed by atoms with van der Waals surface area (Å²) in [6.45, 7) is 6.84. The van der Waals surface area contributed by atoms with Gasteiger partial charge in [-0.05, 0) is 56.7 Å². The smallest absolute Gasteiger partial charge is 0.255 e. The molecule has 0 radical (unpaired) electrons. The largest absolute Gasteiger partial charge is 0.494 e. The molecular formula is C22H29NO3. The fraction of sp³-hybridized carbons (Fsp3) is 0.409. The molecule has 1 N–H and O–H groups in total. The van der Waals surface area contributed by atoms with Gasteiger partial charge in [-0.1, -0.05) is 32.3 Å². The first-order valence-corrected chi connectivity index (χ1v) is 9.39. The molecule has 0 heterocycles. The van der Waals surface area contributed by atoms with Crippen molar-refractivity contribution in [1.82, 2.24) is 0 Å². The quantitative estimate of drug-likeness (QED) is 0.557. The van der Waals surface area contributed by atoms with E-state index >= 15 is 0 Å². The highest BCUT2D eigenvalue weighted by Gasteiger charge is 2.07. The van der Waals surface area contributed by atoms with Crippen LogP contribution in [0.25, 0.3) is 0 Å². The number of carbonyl (C=O) groups is 1. The molecule has 2 aromatic rings. The van der Waals surface area contributed by atoms with Crippen molar-refractivity contribution in [2.24, 2.45) is 0 Å². The molecule has 2 rings (SSSR count). The van der Waals surface area contributed by atoms with Gasteiger partial charge in [0.2, 0.25) is 0 Å². The number of amides is 1. The van der Waals surface area contributed by atoms with E-state index in [0.29, 0.717) is 12.2 Å². The first kappa shape index (κ1) is 19.8. The molecule has 4 nitrogen and oxygen atoms in total. The normalized spacial score (nSPS) is 10.6. The van der Waals surface area contributed by atoms with Crippen molar-refractivity contribution in [2.75, 3.05) is 11.9 Å². The number of anilines is 1. The molecule has 2 aromatic carbocycles. The lowest BCUT2D eigenvalue weighted by Gasteiger charge is -2.11. The van der Waals surface area contributed by atoms with Crippen molar-refractivity contribution in [1.29, 1.82) is 0 Å². The van der Waals surface area contributed by atoms with Crippen molar-refractivity contribution in [3.05, 3.63) is 54.1 Å². The van der Waals surface area contributed by atoms with Gasteiger partial charge >= 0.3 is 0 Å². The van der Waals surface area contributed by atoms with E-state index in [4.69, 9.17) is 9.47 Å². The molecule has 0 unspecified atom stereocenters. The van der Waals surface area contributed by atoms with Gasteiger partial charge < -0.3 is 14.8 Å². The summed E-state index contributed by atoms with van der Waals surface area (Å²) in [6.07, 6.45) is 4.80. The second kappa shape index (κ2) is 10.5. The average molecular weight is 355 g/mol. The van der Waals surface area contributed by atoms with Gasteiger partial charge in [0.25, 0.3) is 5.91 Å². The van der Waals surface area contributed by atoms with Crippen LogP contribution in [0.15, 0.2) is 48.5 Å². The Balaban J connectivity index is 1.89. The SMILES string of the molecule is CCCCCCOc1cccc(NC(=O)c2ccc(OC(C)C)cc2)c1. The zero-order chi connectivity index (χ0) is 18.8. The van der Waals surface area contributed by atoms with E-state index < -0.39 is 0 Å². The Morgan fingerprint density at radius 2 is 1.77 bits per heavy atom. The van der Waals surface area contributed by atoms with Gasteiger partial charge in [0.15, 0.2) is 0 Å². The van der Waals surface area contributed by atoms with E-state index in [-0.39, 0.29) is 12.0 Å². The predicted molar refractivity (Wildman–Crippen MR) is 106 cm³/mol. The van der Waals surface area contributed by atoms with E-state index in [1.807, 2.05) is 50.2 Å². The van der Waals surface area contributed by atoms with Crippen LogP contribution in [0, 0.1) is 0 Å². The molecule has 0 spiro atoms. The van der Waals surface area contributed by atoms with Crippen molar-refractivity contribution in [3.63, 3.8) is 0 Å². The maximum Gasteiger partial charge on any atom is 0.255 e. The summed E-state index contributed by atoms with van der Waals surface area (Å²) >= 11 is 0. The Kier molecular flexibility index (Phi) is 8.00. The molecule has 140 valence electrons. The number of hydrogen-bond donors (Lipinski definition) is 1. The number of benzene rings is 2. The first-order valence-electron chi connectivity index (χ1n) is 9.39. The van der Waals surface area contributed by atoms with Crippen LogP contribution in [-0.4, -0.2) is 18.6 Å². The lowest BCUT2D eigenvalue weighted by Crippen LogP contribution is -2.12.